The Morgan fingerprint density at radius 3 is 0.938 bits per heavy atom. The van der Waals surface area contributed by atoms with Crippen molar-refractivity contribution < 1.29 is 34.1 Å². The van der Waals surface area contributed by atoms with E-state index in [0.29, 0.717) is 0 Å². The summed E-state index contributed by atoms with van der Waals surface area (Å²) >= 11 is 0. The molecule has 0 aliphatic carbocycles. The van der Waals surface area contributed by atoms with Gasteiger partial charge in [-0.05, 0) is 55.9 Å². The van der Waals surface area contributed by atoms with Crippen LogP contribution in [0.25, 0.3) is 9.96 Å². The molecule has 186 valence electrons. The molecule has 0 saturated carbocycles. The van der Waals surface area contributed by atoms with E-state index >= 15 is 0 Å². The van der Waals surface area contributed by atoms with Crippen LogP contribution < -0.4 is 0 Å². The Bertz CT molecular complexity index is 731. The molecule has 0 aromatic heterocycles. The van der Waals surface area contributed by atoms with Gasteiger partial charge in [0, 0.05) is 16.8 Å². The molecule has 0 amide bonds. The molecule has 0 heterocycles. The third kappa shape index (κ3) is 9.74. The van der Waals surface area contributed by atoms with Crippen LogP contribution in [0.2, 0.25) is 26.2 Å². The van der Waals surface area contributed by atoms with E-state index in [9.17, 15) is 0 Å². The van der Waals surface area contributed by atoms with E-state index in [1.165, 1.54) is 33.6 Å². The van der Waals surface area contributed by atoms with Crippen LogP contribution in [0.5, 0.6) is 0 Å². The van der Waals surface area contributed by atoms with E-state index in [1.807, 2.05) is 0 Å². The second-order valence-electron chi connectivity index (χ2n) is 9.48. The van der Waals surface area contributed by atoms with E-state index in [4.69, 9.17) is 9.96 Å². The van der Waals surface area contributed by atoms with Crippen molar-refractivity contribution in [3.63, 3.8) is 0 Å². The molecule has 2 radical (unpaired) electrons. The summed E-state index contributed by atoms with van der Waals surface area (Å²) in [5.41, 5.74) is 7.47. The predicted molar refractivity (Wildman–Crippen MR) is 140 cm³/mol. The smallest absolute Gasteiger partial charge is 0.675 e. The molecule has 2 aromatic carbocycles. The fourth-order valence-electron chi connectivity index (χ4n) is 2.71. The van der Waals surface area contributed by atoms with Crippen LogP contribution in [-0.4, -0.2) is 54.1 Å². The molecule has 4 nitrogen and oxygen atoms in total. The van der Waals surface area contributed by atoms with E-state index in [-0.39, 0.29) is 34.1 Å². The minimum atomic E-state index is -1.63. The zero-order valence-corrected chi connectivity index (χ0v) is 25.7. The maximum atomic E-state index is 4.95. The first-order valence-electron chi connectivity index (χ1n) is 10.6. The van der Waals surface area contributed by atoms with E-state index < -0.39 is 16.8 Å². The average molecular weight is 570 g/mol. The topological polar surface area (TPSA) is 34.7 Å². The van der Waals surface area contributed by atoms with Crippen LogP contribution >= 0.6 is 0 Å². The van der Waals surface area contributed by atoms with Gasteiger partial charge < -0.3 is 19.1 Å². The summed E-state index contributed by atoms with van der Waals surface area (Å²) in [5, 5.41) is 0. The van der Waals surface area contributed by atoms with Gasteiger partial charge in [-0.3, -0.25) is 0 Å². The Labute approximate surface area is 221 Å². The van der Waals surface area contributed by atoms with Crippen molar-refractivity contribution in [2.24, 2.45) is 0 Å². The molecule has 0 fully saturated rings. The molecule has 2 rings (SSSR count). The van der Waals surface area contributed by atoms with Gasteiger partial charge >= 0.3 is 34.1 Å². The molecule has 0 saturated heterocycles. The molecular formula is C24H42Cu2N4Si2+2. The molecule has 0 spiro atoms. The number of benzene rings is 2. The fourth-order valence-corrected chi connectivity index (χ4v) is 4.91. The average Bonchev–Trinajstić information content (AvgIpc) is 2.62. The molecule has 0 unspecified atom stereocenters. The summed E-state index contributed by atoms with van der Waals surface area (Å²) in [4.78, 5) is 9.91. The van der Waals surface area contributed by atoms with Gasteiger partial charge in [0.2, 0.25) is 0 Å². The van der Waals surface area contributed by atoms with Crippen molar-refractivity contribution in [2.45, 2.75) is 53.9 Å². The first-order valence-corrected chi connectivity index (χ1v) is 16.4. The maximum Gasteiger partial charge on any atom is 2.00 e. The molecule has 0 bridgehead atoms. The van der Waals surface area contributed by atoms with Gasteiger partial charge in [0.25, 0.3) is 0 Å². The zero-order chi connectivity index (χ0) is 23.3. The predicted octanol–water partition coefficient (Wildman–Crippen LogP) is 7.14. The quantitative estimate of drug-likeness (QED) is 0.347. The Hall–Kier alpha value is -0.567. The standard InChI is InChI=1S/2C12H21N2Si.2Cu/c2*1-10-8-7-9-11(2)12(10)13-15(5,6)14(3)4;;/h2*7-9H,1-6H3;;/q2*-1;2*+2. The van der Waals surface area contributed by atoms with E-state index in [1.54, 1.807) is 0 Å². The molecule has 0 aliphatic heterocycles. The van der Waals surface area contributed by atoms with Gasteiger partial charge in [0.1, 0.15) is 0 Å². The van der Waals surface area contributed by atoms with Crippen molar-refractivity contribution in [2.75, 3.05) is 28.2 Å². The Balaban J connectivity index is 0. The second kappa shape index (κ2) is 14.0. The van der Waals surface area contributed by atoms with Crippen LogP contribution in [0.3, 0.4) is 0 Å². The van der Waals surface area contributed by atoms with E-state index in [2.05, 4.69) is 128 Å². The Morgan fingerprint density at radius 1 is 0.531 bits per heavy atom. The first kappa shape index (κ1) is 33.6. The van der Waals surface area contributed by atoms with Gasteiger partial charge in [-0.15, -0.1) is 11.4 Å². The number of rotatable bonds is 6. The summed E-state index contributed by atoms with van der Waals surface area (Å²) in [6.45, 7) is 17.6. The van der Waals surface area contributed by atoms with Crippen LogP contribution in [0.15, 0.2) is 36.4 Å². The summed E-state index contributed by atoms with van der Waals surface area (Å²) in [6.07, 6.45) is 0. The minimum absolute atomic E-state index is 0. The van der Waals surface area contributed by atoms with Crippen molar-refractivity contribution in [1.29, 1.82) is 0 Å². The van der Waals surface area contributed by atoms with Gasteiger partial charge in [0.05, 0.1) is 0 Å². The monoisotopic (exact) mass is 568 g/mol. The van der Waals surface area contributed by atoms with Crippen LogP contribution in [0.1, 0.15) is 22.3 Å². The van der Waals surface area contributed by atoms with Crippen molar-refractivity contribution in [1.82, 2.24) is 9.13 Å². The van der Waals surface area contributed by atoms with Gasteiger partial charge in [-0.1, -0.05) is 84.8 Å². The number of hydrogen-bond donors (Lipinski definition) is 0. The molecule has 32 heavy (non-hydrogen) atoms. The maximum absolute atomic E-state index is 4.95. The largest absolute Gasteiger partial charge is 2.00 e. The third-order valence-electron chi connectivity index (χ3n) is 5.84. The van der Waals surface area contributed by atoms with Crippen molar-refractivity contribution >= 4 is 28.2 Å². The summed E-state index contributed by atoms with van der Waals surface area (Å²) in [6, 6.07) is 12.7. The zero-order valence-electron chi connectivity index (χ0n) is 21.9. The molecule has 0 N–H and O–H groups in total. The van der Waals surface area contributed by atoms with Gasteiger partial charge in [-0.25, -0.2) is 0 Å². The number of nitrogens with zero attached hydrogens (tertiary/aromatic N) is 4. The molecule has 8 heteroatoms. The molecular weight excluding hydrogens is 528 g/mol. The Kier molecular flexibility index (Phi) is 14.7. The van der Waals surface area contributed by atoms with Crippen molar-refractivity contribution in [3.05, 3.63) is 68.6 Å². The fraction of sp³-hybridized carbons (Fsp3) is 0.500. The normalized spacial score (nSPS) is 11.2. The molecule has 0 atom stereocenters. The van der Waals surface area contributed by atoms with Crippen molar-refractivity contribution in [3.8, 4) is 0 Å². The Morgan fingerprint density at radius 2 is 0.750 bits per heavy atom. The van der Waals surface area contributed by atoms with Gasteiger partial charge in [0.15, 0.2) is 0 Å². The molecule has 2 aromatic rings. The number of hydrogen-bond acceptors (Lipinski definition) is 2. The summed E-state index contributed by atoms with van der Waals surface area (Å²) < 4.78 is 4.53. The SMILES string of the molecule is Cc1cccc(C)c1[N-][Si](C)(C)N(C)C.Cc1cccc(C)c1[N-][Si](C)(C)N(C)C.[Cu+2].[Cu+2]. The molecule has 0 aliphatic rings. The summed E-state index contributed by atoms with van der Waals surface area (Å²) in [7, 11) is 5.21. The van der Waals surface area contributed by atoms with E-state index in [0.717, 1.165) is 0 Å². The van der Waals surface area contributed by atoms with Crippen LogP contribution in [0.4, 0.5) is 11.4 Å². The second-order valence-corrected chi connectivity index (χ2v) is 17.7. The first-order chi connectivity index (χ1) is 13.7. The van der Waals surface area contributed by atoms with Gasteiger partial charge in [-0.2, -0.15) is 0 Å². The number of aryl methyl sites for hydroxylation is 4. The van der Waals surface area contributed by atoms with Crippen LogP contribution in [0, 0.1) is 27.7 Å². The minimum Gasteiger partial charge on any atom is -0.675 e. The third-order valence-corrected chi connectivity index (χ3v) is 11.8. The van der Waals surface area contributed by atoms with Crippen LogP contribution in [-0.2, 0) is 34.1 Å². The summed E-state index contributed by atoms with van der Waals surface area (Å²) in [5.74, 6) is 0.